The van der Waals surface area contributed by atoms with Gasteiger partial charge in [0.15, 0.2) is 0 Å². The number of ether oxygens (including phenoxy) is 1. The van der Waals surface area contributed by atoms with Crippen LogP contribution in [0.15, 0.2) is 46.9 Å². The van der Waals surface area contributed by atoms with Crippen LogP contribution in [0.3, 0.4) is 0 Å². The molecule has 1 N–H and O–H groups in total. The Kier molecular flexibility index (Phi) is 4.96. The predicted molar refractivity (Wildman–Crippen MR) is 81.2 cm³/mol. The zero-order valence-electron chi connectivity index (χ0n) is 11.3. The minimum absolute atomic E-state index is 0.0772. The summed E-state index contributed by atoms with van der Waals surface area (Å²) in [6.45, 7) is 0. The molecule has 0 saturated carbocycles. The third-order valence-electron chi connectivity index (χ3n) is 3.26. The highest BCUT2D eigenvalue weighted by molar-refractivity contribution is 9.10. The molecule has 0 aliphatic carbocycles. The van der Waals surface area contributed by atoms with Crippen LogP contribution in [-0.2, 0) is 11.2 Å². The number of carboxylic acids is 1. The van der Waals surface area contributed by atoms with Crippen LogP contribution >= 0.6 is 15.9 Å². The molecule has 0 bridgehead atoms. The topological polar surface area (TPSA) is 46.5 Å². The van der Waals surface area contributed by atoms with Gasteiger partial charge >= 0.3 is 5.97 Å². The molecule has 3 nitrogen and oxygen atoms in total. The summed E-state index contributed by atoms with van der Waals surface area (Å²) in [5, 5.41) is 9.44. The summed E-state index contributed by atoms with van der Waals surface area (Å²) in [6, 6.07) is 11.5. The highest BCUT2D eigenvalue weighted by Crippen LogP contribution is 2.29. The molecule has 0 heterocycles. The van der Waals surface area contributed by atoms with Crippen molar-refractivity contribution in [1.29, 1.82) is 0 Å². The van der Waals surface area contributed by atoms with E-state index in [4.69, 9.17) is 4.74 Å². The third-order valence-corrected chi connectivity index (χ3v) is 3.99. The van der Waals surface area contributed by atoms with E-state index < -0.39 is 17.7 Å². The van der Waals surface area contributed by atoms with Crippen molar-refractivity contribution in [2.24, 2.45) is 0 Å². The van der Waals surface area contributed by atoms with E-state index in [1.807, 2.05) is 0 Å². The maximum atomic E-state index is 14.0. The summed E-state index contributed by atoms with van der Waals surface area (Å²) in [5.74, 6) is -1.86. The first-order chi connectivity index (χ1) is 10.0. The first-order valence-corrected chi connectivity index (χ1v) is 7.12. The van der Waals surface area contributed by atoms with Gasteiger partial charge in [-0.15, -0.1) is 0 Å². The van der Waals surface area contributed by atoms with Crippen molar-refractivity contribution >= 4 is 21.9 Å². The average molecular weight is 353 g/mol. The summed E-state index contributed by atoms with van der Waals surface area (Å²) < 4.78 is 19.6. The van der Waals surface area contributed by atoms with E-state index in [-0.39, 0.29) is 6.42 Å². The van der Waals surface area contributed by atoms with Crippen molar-refractivity contribution in [1.82, 2.24) is 0 Å². The van der Waals surface area contributed by atoms with Crippen LogP contribution in [-0.4, -0.2) is 18.2 Å². The van der Waals surface area contributed by atoms with Crippen molar-refractivity contribution in [3.8, 4) is 5.75 Å². The lowest BCUT2D eigenvalue weighted by atomic mass is 9.92. The van der Waals surface area contributed by atoms with E-state index in [9.17, 15) is 14.3 Å². The van der Waals surface area contributed by atoms with Crippen LogP contribution in [0.1, 0.15) is 17.0 Å². The summed E-state index contributed by atoms with van der Waals surface area (Å²) in [7, 11) is 1.45. The Morgan fingerprint density at radius 2 is 2.05 bits per heavy atom. The normalized spacial score (nSPS) is 12.0. The van der Waals surface area contributed by atoms with E-state index in [2.05, 4.69) is 15.9 Å². The monoisotopic (exact) mass is 352 g/mol. The van der Waals surface area contributed by atoms with Crippen molar-refractivity contribution in [2.75, 3.05) is 7.11 Å². The first-order valence-electron chi connectivity index (χ1n) is 6.32. The number of hydrogen-bond acceptors (Lipinski definition) is 2. The summed E-state index contributed by atoms with van der Waals surface area (Å²) >= 11 is 3.34. The fourth-order valence-corrected chi connectivity index (χ4v) is 2.69. The number of halogens is 2. The number of benzene rings is 2. The number of hydrogen-bond donors (Lipinski definition) is 1. The highest BCUT2D eigenvalue weighted by Gasteiger charge is 2.23. The molecule has 0 fully saturated rings. The van der Waals surface area contributed by atoms with E-state index in [0.29, 0.717) is 21.3 Å². The van der Waals surface area contributed by atoms with E-state index in [1.165, 1.54) is 13.2 Å². The van der Waals surface area contributed by atoms with Crippen LogP contribution in [0.4, 0.5) is 4.39 Å². The first kappa shape index (κ1) is 15.5. The Labute approximate surface area is 130 Å². The number of methoxy groups -OCH3 is 1. The minimum atomic E-state index is -0.989. The molecule has 2 rings (SSSR count). The number of aliphatic carboxylic acids is 1. The van der Waals surface area contributed by atoms with Crippen LogP contribution in [0.25, 0.3) is 0 Å². The van der Waals surface area contributed by atoms with Crippen LogP contribution in [0.2, 0.25) is 0 Å². The second-order valence-electron chi connectivity index (χ2n) is 4.57. The molecular formula is C16H14BrFO3. The Hall–Kier alpha value is -1.88. The molecule has 21 heavy (non-hydrogen) atoms. The van der Waals surface area contributed by atoms with Gasteiger partial charge in [0.25, 0.3) is 0 Å². The van der Waals surface area contributed by atoms with Gasteiger partial charge in [-0.05, 0) is 29.7 Å². The smallest absolute Gasteiger partial charge is 0.311 e. The fraction of sp³-hybridized carbons (Fsp3) is 0.188. The van der Waals surface area contributed by atoms with Gasteiger partial charge in [-0.3, -0.25) is 4.79 Å². The predicted octanol–water partition coefficient (Wildman–Crippen LogP) is 4.01. The second kappa shape index (κ2) is 6.72. The van der Waals surface area contributed by atoms with E-state index in [0.717, 1.165) is 0 Å². The Morgan fingerprint density at radius 1 is 1.33 bits per heavy atom. The lowest BCUT2D eigenvalue weighted by Gasteiger charge is -2.15. The molecule has 0 aliphatic rings. The van der Waals surface area contributed by atoms with Gasteiger partial charge in [-0.2, -0.15) is 0 Å². The number of carboxylic acid groups (broad SMARTS) is 1. The molecule has 0 saturated heterocycles. The molecule has 0 aromatic heterocycles. The summed E-state index contributed by atoms with van der Waals surface area (Å²) in [4.78, 5) is 11.5. The van der Waals surface area contributed by atoms with Gasteiger partial charge in [-0.25, -0.2) is 4.39 Å². The summed E-state index contributed by atoms with van der Waals surface area (Å²) in [5.41, 5.74) is 0.971. The zero-order chi connectivity index (χ0) is 15.4. The quantitative estimate of drug-likeness (QED) is 0.884. The Bertz CT molecular complexity index is 658. The molecule has 1 atom stereocenters. The fourth-order valence-electron chi connectivity index (χ4n) is 2.13. The number of carbonyl (C=O) groups is 1. The lowest BCUT2D eigenvalue weighted by Crippen LogP contribution is -2.15. The van der Waals surface area contributed by atoms with E-state index >= 15 is 0 Å². The minimum Gasteiger partial charge on any atom is -0.497 e. The van der Waals surface area contributed by atoms with Gasteiger partial charge in [0, 0.05) is 10.5 Å². The van der Waals surface area contributed by atoms with Crippen LogP contribution in [0, 0.1) is 5.82 Å². The molecule has 0 spiro atoms. The van der Waals surface area contributed by atoms with Gasteiger partial charge in [0.2, 0.25) is 0 Å². The maximum absolute atomic E-state index is 14.0. The van der Waals surface area contributed by atoms with E-state index in [1.54, 1.807) is 36.4 Å². The van der Waals surface area contributed by atoms with Gasteiger partial charge in [-0.1, -0.05) is 40.2 Å². The van der Waals surface area contributed by atoms with Crippen LogP contribution < -0.4 is 4.74 Å². The maximum Gasteiger partial charge on any atom is 0.311 e. The van der Waals surface area contributed by atoms with Crippen molar-refractivity contribution in [3.63, 3.8) is 0 Å². The van der Waals surface area contributed by atoms with Crippen molar-refractivity contribution in [2.45, 2.75) is 12.3 Å². The van der Waals surface area contributed by atoms with Gasteiger partial charge < -0.3 is 9.84 Å². The second-order valence-corrected chi connectivity index (χ2v) is 5.43. The SMILES string of the molecule is COc1ccc(CC(C(=O)O)c2ccccc2Br)c(F)c1. The highest BCUT2D eigenvalue weighted by atomic mass is 79.9. The summed E-state index contributed by atoms with van der Waals surface area (Å²) in [6.07, 6.45) is 0.0772. The lowest BCUT2D eigenvalue weighted by molar-refractivity contribution is -0.138. The van der Waals surface area contributed by atoms with Crippen molar-refractivity contribution < 1.29 is 19.0 Å². The largest absolute Gasteiger partial charge is 0.497 e. The zero-order valence-corrected chi connectivity index (χ0v) is 12.9. The van der Waals surface area contributed by atoms with Gasteiger partial charge in [0.05, 0.1) is 13.0 Å². The Morgan fingerprint density at radius 3 is 2.62 bits per heavy atom. The molecule has 0 radical (unpaired) electrons. The standard InChI is InChI=1S/C16H14BrFO3/c1-21-11-7-6-10(15(18)9-11)8-13(16(19)20)12-4-2-3-5-14(12)17/h2-7,9,13H,8H2,1H3,(H,19,20). The third kappa shape index (κ3) is 3.61. The van der Waals surface area contributed by atoms with Crippen molar-refractivity contribution in [3.05, 3.63) is 63.9 Å². The molecule has 2 aromatic carbocycles. The molecule has 110 valence electrons. The molecule has 1 unspecified atom stereocenters. The number of rotatable bonds is 5. The molecule has 0 amide bonds. The Balaban J connectivity index is 2.34. The average Bonchev–Trinajstić information content (AvgIpc) is 2.46. The molecule has 0 aliphatic heterocycles. The molecular weight excluding hydrogens is 339 g/mol. The molecule has 2 aromatic rings. The van der Waals surface area contributed by atoms with Crippen LogP contribution in [0.5, 0.6) is 5.75 Å². The molecule has 5 heteroatoms. The van der Waals surface area contributed by atoms with Gasteiger partial charge in [0.1, 0.15) is 11.6 Å².